The normalized spacial score (nSPS) is 33.5. The molecule has 0 amide bonds. The van der Waals surface area contributed by atoms with E-state index in [9.17, 15) is 0 Å². The number of piperidine rings is 1. The first-order valence-electron chi connectivity index (χ1n) is 7.82. The van der Waals surface area contributed by atoms with Crippen LogP contribution in [0, 0.1) is 5.92 Å². The topological polar surface area (TPSA) is 15.3 Å². The lowest BCUT2D eigenvalue weighted by atomic mass is 9.82. The zero-order chi connectivity index (χ0) is 12.4. The van der Waals surface area contributed by atoms with Crippen molar-refractivity contribution in [2.75, 3.05) is 32.4 Å². The van der Waals surface area contributed by atoms with Crippen molar-refractivity contribution in [3.63, 3.8) is 0 Å². The molecule has 1 aliphatic carbocycles. The summed E-state index contributed by atoms with van der Waals surface area (Å²) in [7, 11) is 0. The molecular weight excluding hydrogens is 240 g/mol. The second-order valence-electron chi connectivity index (χ2n) is 6.56. The van der Waals surface area contributed by atoms with Crippen LogP contribution in [0.25, 0.3) is 0 Å². The Hall–Kier alpha value is 0.270. The third-order valence-electron chi connectivity index (χ3n) is 5.51. The van der Waals surface area contributed by atoms with E-state index in [0.717, 1.165) is 12.0 Å². The average Bonchev–Trinajstić information content (AvgIpc) is 2.88. The summed E-state index contributed by atoms with van der Waals surface area (Å²) in [5.74, 6) is 0.968. The van der Waals surface area contributed by atoms with E-state index in [1.165, 1.54) is 71.1 Å². The van der Waals surface area contributed by atoms with Crippen LogP contribution >= 0.6 is 11.8 Å². The quantitative estimate of drug-likeness (QED) is 0.844. The molecule has 0 radical (unpaired) electrons. The van der Waals surface area contributed by atoms with Crippen molar-refractivity contribution >= 4 is 11.8 Å². The van der Waals surface area contributed by atoms with E-state index in [4.69, 9.17) is 0 Å². The first-order chi connectivity index (χ1) is 8.81. The van der Waals surface area contributed by atoms with Crippen LogP contribution in [0.3, 0.4) is 0 Å². The monoisotopic (exact) mass is 268 g/mol. The van der Waals surface area contributed by atoms with Crippen molar-refractivity contribution in [1.29, 1.82) is 0 Å². The number of likely N-dealkylation sites (tertiary alicyclic amines) is 1. The Bertz CT molecular complexity index is 258. The van der Waals surface area contributed by atoms with Crippen LogP contribution in [0.5, 0.6) is 0 Å². The van der Waals surface area contributed by atoms with Gasteiger partial charge in [0.2, 0.25) is 0 Å². The molecule has 0 bridgehead atoms. The Morgan fingerprint density at radius 3 is 2.44 bits per heavy atom. The van der Waals surface area contributed by atoms with Crippen LogP contribution in [0.15, 0.2) is 0 Å². The Morgan fingerprint density at radius 1 is 1.17 bits per heavy atom. The lowest BCUT2D eigenvalue weighted by Crippen LogP contribution is -2.49. The highest BCUT2D eigenvalue weighted by molar-refractivity contribution is 8.00. The molecule has 0 aromatic carbocycles. The number of nitrogens with one attached hydrogen (secondary N) is 1. The Balaban J connectivity index is 1.45. The number of hydrogen-bond acceptors (Lipinski definition) is 3. The zero-order valence-corrected chi connectivity index (χ0v) is 12.6. The molecule has 1 saturated carbocycles. The van der Waals surface area contributed by atoms with E-state index in [0.29, 0.717) is 4.75 Å². The maximum Gasteiger partial charge on any atom is 0.0284 e. The lowest BCUT2D eigenvalue weighted by Gasteiger charge is -2.46. The van der Waals surface area contributed by atoms with Crippen molar-refractivity contribution in [1.82, 2.24) is 10.2 Å². The van der Waals surface area contributed by atoms with Crippen LogP contribution in [0.1, 0.15) is 44.9 Å². The first kappa shape index (κ1) is 13.3. The molecule has 2 heterocycles. The molecule has 18 heavy (non-hydrogen) atoms. The van der Waals surface area contributed by atoms with Gasteiger partial charge < -0.3 is 10.2 Å². The number of thioether (sulfide) groups is 1. The maximum atomic E-state index is 3.70. The predicted molar refractivity (Wildman–Crippen MR) is 80.3 cm³/mol. The molecule has 2 aliphatic heterocycles. The third kappa shape index (κ3) is 2.73. The van der Waals surface area contributed by atoms with Gasteiger partial charge in [0.1, 0.15) is 0 Å². The molecule has 0 spiro atoms. The number of hydrogen-bond donors (Lipinski definition) is 1. The van der Waals surface area contributed by atoms with Crippen molar-refractivity contribution in [3.8, 4) is 0 Å². The van der Waals surface area contributed by atoms with Crippen LogP contribution in [0.4, 0.5) is 0 Å². The molecule has 3 aliphatic rings. The molecule has 1 atom stereocenters. The largest absolute Gasteiger partial charge is 0.314 e. The Labute approximate surface area is 116 Å². The molecule has 0 aromatic heterocycles. The molecular formula is C15H28N2S. The van der Waals surface area contributed by atoms with Crippen LogP contribution < -0.4 is 5.32 Å². The first-order valence-corrected chi connectivity index (χ1v) is 9.05. The van der Waals surface area contributed by atoms with Gasteiger partial charge in [0.05, 0.1) is 0 Å². The minimum atomic E-state index is 0.637. The third-order valence-corrected chi connectivity index (χ3v) is 6.91. The highest BCUT2D eigenvalue weighted by Gasteiger charge is 2.38. The summed E-state index contributed by atoms with van der Waals surface area (Å²) in [6.45, 7) is 5.33. The van der Waals surface area contributed by atoms with Gasteiger partial charge in [-0.2, -0.15) is 11.8 Å². The van der Waals surface area contributed by atoms with Gasteiger partial charge in [0.15, 0.2) is 0 Å². The summed E-state index contributed by atoms with van der Waals surface area (Å²) in [4.78, 5) is 2.75. The van der Waals surface area contributed by atoms with Gasteiger partial charge in [-0.05, 0) is 70.3 Å². The van der Waals surface area contributed by atoms with E-state index in [-0.39, 0.29) is 0 Å². The van der Waals surface area contributed by atoms with Gasteiger partial charge in [-0.15, -0.1) is 0 Å². The van der Waals surface area contributed by atoms with Crippen molar-refractivity contribution in [3.05, 3.63) is 0 Å². The fraction of sp³-hybridized carbons (Fsp3) is 1.00. The van der Waals surface area contributed by atoms with Crippen molar-refractivity contribution in [2.24, 2.45) is 5.92 Å². The van der Waals surface area contributed by atoms with E-state index in [2.05, 4.69) is 28.2 Å². The summed E-state index contributed by atoms with van der Waals surface area (Å²) < 4.78 is 0.637. The Morgan fingerprint density at radius 2 is 1.94 bits per heavy atom. The summed E-state index contributed by atoms with van der Waals surface area (Å²) in [6, 6.07) is 0.852. The van der Waals surface area contributed by atoms with E-state index in [1.807, 2.05) is 0 Å². The second kappa shape index (κ2) is 5.72. The minimum Gasteiger partial charge on any atom is -0.314 e. The van der Waals surface area contributed by atoms with Gasteiger partial charge in [-0.3, -0.25) is 0 Å². The summed E-state index contributed by atoms with van der Waals surface area (Å²) in [6.07, 6.45) is 12.4. The van der Waals surface area contributed by atoms with Gasteiger partial charge in [-0.1, -0.05) is 6.42 Å². The molecule has 2 saturated heterocycles. The molecule has 1 N–H and O–H groups in total. The smallest absolute Gasteiger partial charge is 0.0284 e. The maximum absolute atomic E-state index is 3.70. The summed E-state index contributed by atoms with van der Waals surface area (Å²) >= 11 is 2.12. The highest BCUT2D eigenvalue weighted by atomic mass is 32.2. The van der Waals surface area contributed by atoms with Crippen molar-refractivity contribution < 1.29 is 0 Å². The number of nitrogens with zero attached hydrogens (tertiary/aromatic N) is 1. The van der Waals surface area contributed by atoms with Crippen LogP contribution in [0.2, 0.25) is 0 Å². The van der Waals surface area contributed by atoms with E-state index in [1.54, 1.807) is 0 Å². The van der Waals surface area contributed by atoms with Crippen LogP contribution in [-0.4, -0.2) is 48.1 Å². The number of rotatable bonds is 4. The minimum absolute atomic E-state index is 0.637. The highest BCUT2D eigenvalue weighted by Crippen LogP contribution is 2.43. The predicted octanol–water partition coefficient (Wildman–Crippen LogP) is 2.74. The van der Waals surface area contributed by atoms with Gasteiger partial charge >= 0.3 is 0 Å². The molecule has 3 heteroatoms. The fourth-order valence-corrected chi connectivity index (χ4v) is 5.04. The standard InChI is InChI=1S/C15H28N2S/c1-18-15(7-3-8-15)12-17-10-5-13(6-11-17)14-4-2-9-16-14/h13-14,16H,2-12H2,1H3. The van der Waals surface area contributed by atoms with Crippen LogP contribution in [-0.2, 0) is 0 Å². The zero-order valence-electron chi connectivity index (χ0n) is 11.8. The average molecular weight is 268 g/mol. The summed E-state index contributed by atoms with van der Waals surface area (Å²) in [5.41, 5.74) is 0. The van der Waals surface area contributed by atoms with Gasteiger partial charge in [0.25, 0.3) is 0 Å². The molecule has 104 valence electrons. The SMILES string of the molecule is CSC1(CN2CCC(C3CCCN3)CC2)CCC1. The van der Waals surface area contributed by atoms with E-state index >= 15 is 0 Å². The second-order valence-corrected chi connectivity index (χ2v) is 7.83. The van der Waals surface area contributed by atoms with E-state index < -0.39 is 0 Å². The molecule has 3 rings (SSSR count). The molecule has 0 aromatic rings. The fourth-order valence-electron chi connectivity index (χ4n) is 4.03. The van der Waals surface area contributed by atoms with Gasteiger partial charge in [0, 0.05) is 17.3 Å². The molecule has 3 fully saturated rings. The van der Waals surface area contributed by atoms with Crippen molar-refractivity contribution in [2.45, 2.75) is 55.7 Å². The lowest BCUT2D eigenvalue weighted by molar-refractivity contribution is 0.133. The summed E-state index contributed by atoms with van der Waals surface area (Å²) in [5, 5.41) is 3.70. The molecule has 2 nitrogen and oxygen atoms in total. The molecule has 1 unspecified atom stereocenters. The Kier molecular flexibility index (Phi) is 4.21. The van der Waals surface area contributed by atoms with Gasteiger partial charge in [-0.25, -0.2) is 0 Å².